The van der Waals surface area contributed by atoms with Gasteiger partial charge in [0.1, 0.15) is 6.61 Å². The largest absolute Gasteiger partial charge is 0.463 e. The molecule has 0 aromatic carbocycles. The van der Waals surface area contributed by atoms with Gasteiger partial charge in [0.05, 0.1) is 18.1 Å². The Morgan fingerprint density at radius 3 is 1.18 bits per heavy atom. The van der Waals surface area contributed by atoms with Gasteiger partial charge in [-0.1, -0.05) is 174 Å². The van der Waals surface area contributed by atoms with Gasteiger partial charge < -0.3 is 14.9 Å². The number of unbranched alkanes of at least 4 members (excludes halogenated alkanes) is 23. The molecule has 0 aromatic rings. The third-order valence-electron chi connectivity index (χ3n) is 8.16. The van der Waals surface area contributed by atoms with Gasteiger partial charge in [0.15, 0.2) is 0 Å². The van der Waals surface area contributed by atoms with Crippen molar-refractivity contribution in [2.45, 2.75) is 199 Å². The van der Waals surface area contributed by atoms with Crippen LogP contribution >= 0.6 is 0 Å². The maximum Gasteiger partial charge on any atom is 0.311 e. The van der Waals surface area contributed by atoms with Crippen LogP contribution in [-0.2, 0) is 9.53 Å². The molecule has 0 bridgehead atoms. The fourth-order valence-corrected chi connectivity index (χ4v) is 5.53. The van der Waals surface area contributed by atoms with Gasteiger partial charge in [0.2, 0.25) is 0 Å². The molecule has 0 saturated heterocycles. The summed E-state index contributed by atoms with van der Waals surface area (Å²) >= 11 is 0. The Balaban J connectivity index is 3.98. The molecule has 0 aliphatic carbocycles. The number of hydrogen-bond acceptors (Lipinski definition) is 4. The van der Waals surface area contributed by atoms with Crippen molar-refractivity contribution in [3.05, 3.63) is 6.92 Å². The van der Waals surface area contributed by atoms with E-state index in [0.29, 0.717) is 12.8 Å². The first-order valence-corrected chi connectivity index (χ1v) is 17.4. The first-order valence-electron chi connectivity index (χ1n) is 17.4. The average molecular weight is 554 g/mol. The maximum absolute atomic E-state index is 12.6. The van der Waals surface area contributed by atoms with Crippen LogP contribution in [0.5, 0.6) is 0 Å². The van der Waals surface area contributed by atoms with Gasteiger partial charge in [-0.2, -0.15) is 0 Å². The first kappa shape index (κ1) is 38.4. The third kappa shape index (κ3) is 27.3. The van der Waals surface area contributed by atoms with Crippen LogP contribution in [0, 0.1) is 12.8 Å². The van der Waals surface area contributed by atoms with E-state index < -0.39 is 18.1 Å². The highest BCUT2D eigenvalue weighted by Gasteiger charge is 2.27. The fraction of sp³-hybridized carbons (Fsp3) is 0.943. The standard InChI is InChI=1S/C35H69O4/c1-4-6-8-10-12-14-16-18-20-22-24-26-28-30-34(37)33(35(38)39-31-32(3)36)29-27-25-23-21-19-17-15-13-11-9-7-5-2/h32-34,36-37H,3-31H2,1-2H3. The quantitative estimate of drug-likeness (QED) is 0.0662. The number of carbonyl (C=O) groups excluding carboxylic acids is 1. The lowest BCUT2D eigenvalue weighted by Gasteiger charge is -2.22. The summed E-state index contributed by atoms with van der Waals surface area (Å²) in [5, 5.41) is 20.2. The van der Waals surface area contributed by atoms with E-state index in [1.54, 1.807) is 0 Å². The van der Waals surface area contributed by atoms with Crippen molar-refractivity contribution in [1.29, 1.82) is 0 Å². The highest BCUT2D eigenvalue weighted by atomic mass is 16.5. The second-order valence-corrected chi connectivity index (χ2v) is 12.2. The zero-order valence-corrected chi connectivity index (χ0v) is 26.4. The van der Waals surface area contributed by atoms with Crippen LogP contribution in [0.15, 0.2) is 0 Å². The second-order valence-electron chi connectivity index (χ2n) is 12.2. The number of aliphatic hydroxyl groups excluding tert-OH is 2. The van der Waals surface area contributed by atoms with E-state index in [1.807, 2.05) is 0 Å². The van der Waals surface area contributed by atoms with E-state index in [-0.39, 0.29) is 12.6 Å². The predicted octanol–water partition coefficient (Wildman–Crippen LogP) is 10.3. The average Bonchev–Trinajstić information content (AvgIpc) is 2.92. The molecule has 0 aliphatic rings. The molecule has 3 unspecified atom stereocenters. The van der Waals surface area contributed by atoms with Gasteiger partial charge in [-0.3, -0.25) is 4.79 Å². The Bertz CT molecular complexity index is 493. The van der Waals surface area contributed by atoms with Gasteiger partial charge in [0, 0.05) is 0 Å². The number of rotatable bonds is 31. The molecular formula is C35H69O4. The molecule has 233 valence electrons. The lowest BCUT2D eigenvalue weighted by atomic mass is 9.91. The Morgan fingerprint density at radius 2 is 0.846 bits per heavy atom. The van der Waals surface area contributed by atoms with E-state index in [1.165, 1.54) is 135 Å². The number of carbonyl (C=O) groups is 1. The number of aliphatic hydroxyl groups is 2. The summed E-state index contributed by atoms with van der Waals surface area (Å²) in [6, 6.07) is 0. The molecule has 0 amide bonds. The number of hydrogen-bond donors (Lipinski definition) is 2. The van der Waals surface area contributed by atoms with E-state index >= 15 is 0 Å². The third-order valence-corrected chi connectivity index (χ3v) is 8.16. The van der Waals surface area contributed by atoms with Crippen LogP contribution in [0.1, 0.15) is 187 Å². The minimum atomic E-state index is -0.917. The van der Waals surface area contributed by atoms with Crippen molar-refractivity contribution in [2.24, 2.45) is 5.92 Å². The van der Waals surface area contributed by atoms with Crippen molar-refractivity contribution in [1.82, 2.24) is 0 Å². The van der Waals surface area contributed by atoms with Gasteiger partial charge in [-0.15, -0.1) is 0 Å². The molecule has 39 heavy (non-hydrogen) atoms. The Morgan fingerprint density at radius 1 is 0.538 bits per heavy atom. The van der Waals surface area contributed by atoms with Crippen LogP contribution in [-0.4, -0.2) is 35.0 Å². The normalized spacial score (nSPS) is 13.9. The topological polar surface area (TPSA) is 66.8 Å². The van der Waals surface area contributed by atoms with E-state index in [9.17, 15) is 15.0 Å². The zero-order valence-electron chi connectivity index (χ0n) is 26.4. The van der Waals surface area contributed by atoms with Crippen LogP contribution in [0.3, 0.4) is 0 Å². The molecule has 0 aliphatic heterocycles. The summed E-state index contributed by atoms with van der Waals surface area (Å²) in [6.45, 7) is 7.92. The minimum Gasteiger partial charge on any atom is -0.463 e. The molecule has 4 nitrogen and oxygen atoms in total. The van der Waals surface area contributed by atoms with Crippen molar-refractivity contribution in [2.75, 3.05) is 6.61 Å². The maximum atomic E-state index is 12.6. The van der Waals surface area contributed by atoms with Crippen LogP contribution < -0.4 is 0 Å². The zero-order chi connectivity index (χ0) is 28.8. The molecule has 0 heterocycles. The summed E-state index contributed by atoms with van der Waals surface area (Å²) < 4.78 is 5.25. The molecule has 0 spiro atoms. The Labute approximate surface area is 244 Å². The van der Waals surface area contributed by atoms with E-state index in [4.69, 9.17) is 4.74 Å². The van der Waals surface area contributed by atoms with Crippen molar-refractivity contribution >= 4 is 5.97 Å². The molecule has 0 rings (SSSR count). The molecule has 0 aromatic heterocycles. The van der Waals surface area contributed by atoms with Gasteiger partial charge in [0.25, 0.3) is 0 Å². The molecular weight excluding hydrogens is 484 g/mol. The fourth-order valence-electron chi connectivity index (χ4n) is 5.53. The second kappa shape index (κ2) is 30.4. The SMILES string of the molecule is [CH2]C(O)COC(=O)C(CCCCCCCCCCCCCC)C(O)CCCCCCCCCCCCCCC. The molecule has 0 saturated carbocycles. The molecule has 2 N–H and O–H groups in total. The monoisotopic (exact) mass is 554 g/mol. The molecule has 1 radical (unpaired) electrons. The first-order chi connectivity index (χ1) is 19.0. The summed E-state index contributed by atoms with van der Waals surface area (Å²) in [5.74, 6) is -0.854. The predicted molar refractivity (Wildman–Crippen MR) is 168 cm³/mol. The molecule has 3 atom stereocenters. The van der Waals surface area contributed by atoms with Crippen molar-refractivity contribution in [3.63, 3.8) is 0 Å². The van der Waals surface area contributed by atoms with Crippen LogP contribution in [0.2, 0.25) is 0 Å². The smallest absolute Gasteiger partial charge is 0.311 e. The van der Waals surface area contributed by atoms with Crippen LogP contribution in [0.4, 0.5) is 0 Å². The Kier molecular flexibility index (Phi) is 29.9. The summed E-state index contributed by atoms with van der Waals surface area (Å²) in [7, 11) is 0. The summed E-state index contributed by atoms with van der Waals surface area (Å²) in [4.78, 5) is 12.6. The number of ether oxygens (including phenoxy) is 1. The van der Waals surface area contributed by atoms with Gasteiger partial charge >= 0.3 is 5.97 Å². The van der Waals surface area contributed by atoms with Crippen LogP contribution in [0.25, 0.3) is 0 Å². The summed E-state index contributed by atoms with van der Waals surface area (Å²) in [6.07, 6.45) is 32.0. The van der Waals surface area contributed by atoms with Gasteiger partial charge in [-0.05, 0) is 19.8 Å². The molecule has 0 fully saturated rings. The van der Waals surface area contributed by atoms with Crippen molar-refractivity contribution in [3.8, 4) is 0 Å². The molecule has 4 heteroatoms. The highest BCUT2D eigenvalue weighted by molar-refractivity contribution is 5.73. The van der Waals surface area contributed by atoms with Crippen molar-refractivity contribution < 1.29 is 19.7 Å². The number of esters is 1. The lowest BCUT2D eigenvalue weighted by Crippen LogP contribution is -2.31. The van der Waals surface area contributed by atoms with Gasteiger partial charge in [-0.25, -0.2) is 0 Å². The highest BCUT2D eigenvalue weighted by Crippen LogP contribution is 2.22. The lowest BCUT2D eigenvalue weighted by molar-refractivity contribution is -0.155. The van der Waals surface area contributed by atoms with E-state index in [2.05, 4.69) is 20.8 Å². The Hall–Kier alpha value is -0.610. The summed E-state index contributed by atoms with van der Waals surface area (Å²) in [5.41, 5.74) is 0. The van der Waals surface area contributed by atoms with E-state index in [0.717, 1.165) is 25.7 Å². The minimum absolute atomic E-state index is 0.0980.